The zero-order valence-electron chi connectivity index (χ0n) is 12.6. The standard InChI is InChI=1S/C18H17NO4/c1-13(21)17(23-12-20)16(14-8-4-2-5-9-14)19-18(22)15-10-6-3-7-11-15/h2-12,16-17H,1H3,(H,19,22)/t16-,17-/m0/s1. The van der Waals surface area contributed by atoms with Gasteiger partial charge in [0.2, 0.25) is 0 Å². The van der Waals surface area contributed by atoms with Gasteiger partial charge in [0.05, 0.1) is 6.04 Å². The van der Waals surface area contributed by atoms with Gasteiger partial charge < -0.3 is 10.1 Å². The number of rotatable bonds is 7. The van der Waals surface area contributed by atoms with Crippen molar-refractivity contribution in [2.75, 3.05) is 0 Å². The maximum atomic E-state index is 12.4. The Labute approximate surface area is 134 Å². The SMILES string of the molecule is CC(=O)[C@H](OC=O)[C@@H](NC(=O)c1ccccc1)c1ccccc1. The predicted molar refractivity (Wildman–Crippen MR) is 84.7 cm³/mol. The molecule has 118 valence electrons. The van der Waals surface area contributed by atoms with Crippen LogP contribution in [-0.2, 0) is 14.3 Å². The number of Topliss-reactive ketones (excluding diaryl/α,β-unsaturated/α-hetero) is 1. The third-order valence-corrected chi connectivity index (χ3v) is 3.39. The fourth-order valence-electron chi connectivity index (χ4n) is 2.28. The highest BCUT2D eigenvalue weighted by molar-refractivity contribution is 5.95. The number of benzene rings is 2. The molecule has 23 heavy (non-hydrogen) atoms. The van der Waals surface area contributed by atoms with Crippen LogP contribution in [0.1, 0.15) is 28.9 Å². The summed E-state index contributed by atoms with van der Waals surface area (Å²) >= 11 is 0. The third kappa shape index (κ3) is 4.26. The first kappa shape index (κ1) is 16.4. The fourth-order valence-corrected chi connectivity index (χ4v) is 2.28. The molecule has 1 amide bonds. The summed E-state index contributed by atoms with van der Waals surface area (Å²) in [6, 6.07) is 16.8. The molecule has 5 nitrogen and oxygen atoms in total. The highest BCUT2D eigenvalue weighted by Gasteiger charge is 2.30. The van der Waals surface area contributed by atoms with Crippen LogP contribution < -0.4 is 5.32 Å². The highest BCUT2D eigenvalue weighted by Crippen LogP contribution is 2.20. The van der Waals surface area contributed by atoms with Crippen LogP contribution >= 0.6 is 0 Å². The molecule has 0 spiro atoms. The lowest BCUT2D eigenvalue weighted by Crippen LogP contribution is -2.41. The molecule has 0 fully saturated rings. The highest BCUT2D eigenvalue weighted by atomic mass is 16.5. The molecule has 0 aliphatic rings. The molecule has 0 unspecified atom stereocenters. The van der Waals surface area contributed by atoms with E-state index < -0.39 is 12.1 Å². The Morgan fingerprint density at radius 2 is 1.57 bits per heavy atom. The molecular weight excluding hydrogens is 294 g/mol. The minimum Gasteiger partial charge on any atom is -0.454 e. The first-order valence-corrected chi connectivity index (χ1v) is 7.14. The van der Waals surface area contributed by atoms with Gasteiger partial charge in [-0.25, -0.2) is 0 Å². The van der Waals surface area contributed by atoms with Gasteiger partial charge in [-0.05, 0) is 24.6 Å². The van der Waals surface area contributed by atoms with Crippen LogP contribution in [0.25, 0.3) is 0 Å². The Morgan fingerprint density at radius 3 is 2.09 bits per heavy atom. The largest absolute Gasteiger partial charge is 0.454 e. The molecule has 1 N–H and O–H groups in total. The monoisotopic (exact) mass is 311 g/mol. The Hall–Kier alpha value is -2.95. The minimum atomic E-state index is -1.08. The Bertz CT molecular complexity index is 670. The van der Waals surface area contributed by atoms with Crippen molar-refractivity contribution in [2.24, 2.45) is 0 Å². The number of nitrogens with one attached hydrogen (secondary N) is 1. The average molecular weight is 311 g/mol. The molecule has 0 saturated heterocycles. The normalized spacial score (nSPS) is 12.7. The molecule has 0 bridgehead atoms. The summed E-state index contributed by atoms with van der Waals surface area (Å²) in [5.74, 6) is -0.695. The number of carbonyl (C=O) groups is 3. The van der Waals surface area contributed by atoms with Crippen molar-refractivity contribution in [1.82, 2.24) is 5.32 Å². The number of ketones is 1. The van der Waals surface area contributed by atoms with Crippen molar-refractivity contribution in [3.05, 3.63) is 71.8 Å². The number of hydrogen-bond donors (Lipinski definition) is 1. The molecule has 0 radical (unpaired) electrons. The minimum absolute atomic E-state index is 0.219. The molecule has 0 aromatic heterocycles. The number of hydrogen-bond acceptors (Lipinski definition) is 4. The quantitative estimate of drug-likeness (QED) is 0.796. The molecule has 5 heteroatoms. The maximum Gasteiger partial charge on any atom is 0.293 e. The lowest BCUT2D eigenvalue weighted by Gasteiger charge is -2.25. The van der Waals surface area contributed by atoms with E-state index in [4.69, 9.17) is 4.74 Å². The van der Waals surface area contributed by atoms with Gasteiger partial charge >= 0.3 is 0 Å². The topological polar surface area (TPSA) is 72.5 Å². The molecule has 2 aromatic carbocycles. The first-order valence-electron chi connectivity index (χ1n) is 7.14. The number of ether oxygens (including phenoxy) is 1. The van der Waals surface area contributed by atoms with Gasteiger partial charge in [-0.15, -0.1) is 0 Å². The van der Waals surface area contributed by atoms with E-state index in [1.807, 2.05) is 6.07 Å². The van der Waals surface area contributed by atoms with Crippen LogP contribution in [0.3, 0.4) is 0 Å². The van der Waals surface area contributed by atoms with Gasteiger partial charge in [-0.3, -0.25) is 14.4 Å². The molecule has 2 aromatic rings. The van der Waals surface area contributed by atoms with Crippen LogP contribution in [0.4, 0.5) is 0 Å². The lowest BCUT2D eigenvalue weighted by molar-refractivity contribution is -0.144. The molecule has 0 aliphatic carbocycles. The summed E-state index contributed by atoms with van der Waals surface area (Å²) in [7, 11) is 0. The lowest BCUT2D eigenvalue weighted by atomic mass is 9.98. The molecular formula is C18H17NO4. The Morgan fingerprint density at radius 1 is 1.00 bits per heavy atom. The third-order valence-electron chi connectivity index (χ3n) is 3.39. The fraction of sp³-hybridized carbons (Fsp3) is 0.167. The van der Waals surface area contributed by atoms with Crippen molar-refractivity contribution < 1.29 is 19.1 Å². The first-order chi connectivity index (χ1) is 11.1. The van der Waals surface area contributed by atoms with Crippen molar-refractivity contribution in [3.8, 4) is 0 Å². The predicted octanol–water partition coefficient (Wildman–Crippen LogP) is 2.29. The van der Waals surface area contributed by atoms with E-state index in [-0.39, 0.29) is 18.2 Å². The van der Waals surface area contributed by atoms with Crippen molar-refractivity contribution in [2.45, 2.75) is 19.1 Å². The van der Waals surface area contributed by atoms with Gasteiger partial charge in [0.1, 0.15) is 0 Å². The van der Waals surface area contributed by atoms with Crippen LogP contribution in [-0.4, -0.2) is 24.3 Å². The average Bonchev–Trinajstić information content (AvgIpc) is 2.59. The molecule has 0 aliphatic heterocycles. The van der Waals surface area contributed by atoms with E-state index in [9.17, 15) is 14.4 Å². The van der Waals surface area contributed by atoms with Gasteiger partial charge in [-0.1, -0.05) is 48.5 Å². The van der Waals surface area contributed by atoms with Crippen LogP contribution in [0.15, 0.2) is 60.7 Å². The second-order valence-electron chi connectivity index (χ2n) is 4.99. The van der Waals surface area contributed by atoms with E-state index in [0.29, 0.717) is 11.1 Å². The number of carbonyl (C=O) groups excluding carboxylic acids is 3. The molecule has 2 atom stereocenters. The smallest absolute Gasteiger partial charge is 0.293 e. The maximum absolute atomic E-state index is 12.4. The van der Waals surface area contributed by atoms with E-state index in [1.165, 1.54) is 6.92 Å². The summed E-state index contributed by atoms with van der Waals surface area (Å²) in [6.07, 6.45) is -1.08. The van der Waals surface area contributed by atoms with Crippen LogP contribution in [0.5, 0.6) is 0 Å². The van der Waals surface area contributed by atoms with Gasteiger partial charge in [-0.2, -0.15) is 0 Å². The van der Waals surface area contributed by atoms with Crippen molar-refractivity contribution >= 4 is 18.2 Å². The zero-order chi connectivity index (χ0) is 16.7. The van der Waals surface area contributed by atoms with Gasteiger partial charge in [0.25, 0.3) is 12.4 Å². The second kappa shape index (κ2) is 7.89. The molecule has 0 heterocycles. The number of amides is 1. The summed E-state index contributed by atoms with van der Waals surface area (Å²) in [6.45, 7) is 1.54. The van der Waals surface area contributed by atoms with Gasteiger partial charge in [0, 0.05) is 5.56 Å². The van der Waals surface area contributed by atoms with Crippen molar-refractivity contribution in [1.29, 1.82) is 0 Å². The molecule has 0 saturated carbocycles. The zero-order valence-corrected chi connectivity index (χ0v) is 12.6. The summed E-state index contributed by atoms with van der Waals surface area (Å²) in [5, 5.41) is 2.77. The van der Waals surface area contributed by atoms with Crippen LogP contribution in [0.2, 0.25) is 0 Å². The van der Waals surface area contributed by atoms with E-state index in [1.54, 1.807) is 54.6 Å². The Kier molecular flexibility index (Phi) is 5.63. The summed E-state index contributed by atoms with van der Waals surface area (Å²) in [5.41, 5.74) is 1.14. The van der Waals surface area contributed by atoms with Gasteiger partial charge in [0.15, 0.2) is 11.9 Å². The summed E-state index contributed by atoms with van der Waals surface area (Å²) < 4.78 is 4.91. The Balaban J connectivity index is 2.32. The van der Waals surface area contributed by atoms with E-state index >= 15 is 0 Å². The molecule has 2 rings (SSSR count). The summed E-state index contributed by atoms with van der Waals surface area (Å²) in [4.78, 5) is 34.9. The second-order valence-corrected chi connectivity index (χ2v) is 4.99. The van der Waals surface area contributed by atoms with Crippen LogP contribution in [0, 0.1) is 0 Å². The van der Waals surface area contributed by atoms with E-state index in [0.717, 1.165) is 0 Å². The van der Waals surface area contributed by atoms with E-state index in [2.05, 4.69) is 5.32 Å². The van der Waals surface area contributed by atoms with Crippen molar-refractivity contribution in [3.63, 3.8) is 0 Å².